The summed E-state index contributed by atoms with van der Waals surface area (Å²) < 4.78 is 11.9. The van der Waals surface area contributed by atoms with Gasteiger partial charge in [-0.05, 0) is 40.5 Å². The molecule has 3 rings (SSSR count). The molecule has 1 fully saturated rings. The maximum absolute atomic E-state index is 12.5. The molecule has 2 heterocycles. The number of ether oxygens (including phenoxy) is 1. The van der Waals surface area contributed by atoms with E-state index in [1.807, 2.05) is 11.0 Å². The lowest BCUT2D eigenvalue weighted by Crippen LogP contribution is -2.36. The smallest absolute Gasteiger partial charge is 0.266 e. The van der Waals surface area contributed by atoms with Crippen LogP contribution in [-0.2, 0) is 9.53 Å². The van der Waals surface area contributed by atoms with Gasteiger partial charge in [-0.1, -0.05) is 17.7 Å². The predicted octanol–water partition coefficient (Wildman–Crippen LogP) is 4.39. The molecule has 0 aliphatic carbocycles. The van der Waals surface area contributed by atoms with Crippen molar-refractivity contribution in [3.05, 3.63) is 50.7 Å². The summed E-state index contributed by atoms with van der Waals surface area (Å²) in [7, 11) is 0. The van der Waals surface area contributed by atoms with Gasteiger partial charge in [0.15, 0.2) is 0 Å². The van der Waals surface area contributed by atoms with Crippen LogP contribution in [0, 0.1) is 18.3 Å². The summed E-state index contributed by atoms with van der Waals surface area (Å²) in [5.74, 6) is 0.550. The summed E-state index contributed by atoms with van der Waals surface area (Å²) in [5, 5.41) is 12.7. The number of benzene rings is 1. The Balaban J connectivity index is 1.80. The van der Waals surface area contributed by atoms with Crippen LogP contribution in [0.15, 0.2) is 38.7 Å². The van der Waals surface area contributed by atoms with Gasteiger partial charge in [-0.15, -0.1) is 0 Å². The number of carbonyl (C=O) groups excluding carboxylic acids is 1. The maximum Gasteiger partial charge on any atom is 0.266 e. The summed E-state index contributed by atoms with van der Waals surface area (Å²) in [5.41, 5.74) is 1.23. The van der Waals surface area contributed by atoms with Crippen molar-refractivity contribution in [1.29, 1.82) is 5.26 Å². The highest BCUT2D eigenvalue weighted by atomic mass is 79.9. The van der Waals surface area contributed by atoms with Crippen LogP contribution in [0.2, 0.25) is 5.02 Å². The molecule has 0 unspecified atom stereocenters. The lowest BCUT2D eigenvalue weighted by molar-refractivity contribution is -0.112. The van der Waals surface area contributed by atoms with Crippen molar-refractivity contribution in [3.8, 4) is 6.07 Å². The van der Waals surface area contributed by atoms with Gasteiger partial charge < -0.3 is 19.4 Å². The van der Waals surface area contributed by atoms with Crippen molar-refractivity contribution in [2.24, 2.45) is 0 Å². The van der Waals surface area contributed by atoms with Crippen LogP contribution in [0.1, 0.15) is 11.3 Å². The molecule has 1 saturated heterocycles. The highest BCUT2D eigenvalue weighted by Crippen LogP contribution is 2.32. The average Bonchev–Trinajstić information content (AvgIpc) is 3.04. The van der Waals surface area contributed by atoms with Gasteiger partial charge in [0.05, 0.1) is 17.7 Å². The highest BCUT2D eigenvalue weighted by Gasteiger charge is 2.19. The van der Waals surface area contributed by atoms with Crippen molar-refractivity contribution in [1.82, 2.24) is 0 Å². The molecule has 0 atom stereocenters. The molecule has 1 aliphatic heterocycles. The topological polar surface area (TPSA) is 78.5 Å². The number of hydrogen-bond acceptors (Lipinski definition) is 5. The summed E-state index contributed by atoms with van der Waals surface area (Å²) in [4.78, 5) is 14.5. The van der Waals surface area contributed by atoms with Crippen LogP contribution in [0.4, 0.5) is 11.6 Å². The molecule has 8 heteroatoms. The van der Waals surface area contributed by atoms with E-state index in [4.69, 9.17) is 20.8 Å². The monoisotopic (exact) mass is 449 g/mol. The van der Waals surface area contributed by atoms with E-state index < -0.39 is 5.91 Å². The number of anilines is 2. The third-order valence-corrected chi connectivity index (χ3v) is 5.13. The minimum atomic E-state index is -0.525. The van der Waals surface area contributed by atoms with Crippen LogP contribution < -0.4 is 10.2 Å². The number of amides is 1. The molecule has 1 aromatic carbocycles. The molecule has 0 radical (unpaired) electrons. The lowest BCUT2D eigenvalue weighted by Gasteiger charge is -2.26. The molecule has 0 spiro atoms. The van der Waals surface area contributed by atoms with Crippen LogP contribution in [-0.4, -0.2) is 32.2 Å². The van der Waals surface area contributed by atoms with Crippen molar-refractivity contribution < 1.29 is 13.9 Å². The third-order valence-electron chi connectivity index (χ3n) is 4.15. The van der Waals surface area contributed by atoms with Gasteiger partial charge in [0, 0.05) is 35.9 Å². The van der Waals surface area contributed by atoms with E-state index in [2.05, 4.69) is 21.2 Å². The van der Waals surface area contributed by atoms with E-state index in [1.54, 1.807) is 31.2 Å². The molecule has 27 heavy (non-hydrogen) atoms. The molecular formula is C19H17BrClN3O3. The zero-order valence-electron chi connectivity index (χ0n) is 14.6. The molecule has 1 N–H and O–H groups in total. The largest absolute Gasteiger partial charge is 0.440 e. The first-order chi connectivity index (χ1) is 13.0. The highest BCUT2D eigenvalue weighted by molar-refractivity contribution is 9.10. The summed E-state index contributed by atoms with van der Waals surface area (Å²) in [6, 6.07) is 8.86. The Kier molecular flexibility index (Phi) is 6.22. The molecule has 140 valence electrons. The van der Waals surface area contributed by atoms with Crippen LogP contribution in [0.25, 0.3) is 6.08 Å². The Morgan fingerprint density at radius 3 is 2.85 bits per heavy atom. The quantitative estimate of drug-likeness (QED) is 0.552. The SMILES string of the molecule is Cc1c(Cl)cccc1NC(=O)/C(C#N)=C\c1cc(Br)c(N2CCOCC2)o1. The summed E-state index contributed by atoms with van der Waals surface area (Å²) >= 11 is 9.54. The fourth-order valence-electron chi connectivity index (χ4n) is 2.65. The normalized spacial score (nSPS) is 14.7. The molecule has 1 aromatic heterocycles. The predicted molar refractivity (Wildman–Crippen MR) is 108 cm³/mol. The van der Waals surface area contributed by atoms with Crippen molar-refractivity contribution in [2.45, 2.75) is 6.92 Å². The van der Waals surface area contributed by atoms with Crippen LogP contribution in [0.3, 0.4) is 0 Å². The van der Waals surface area contributed by atoms with E-state index in [1.165, 1.54) is 6.08 Å². The number of morpholine rings is 1. The number of furan rings is 1. The Morgan fingerprint density at radius 1 is 1.41 bits per heavy atom. The number of carbonyl (C=O) groups is 1. The van der Waals surface area contributed by atoms with E-state index in [0.717, 1.165) is 23.1 Å². The van der Waals surface area contributed by atoms with E-state index in [9.17, 15) is 10.1 Å². The van der Waals surface area contributed by atoms with Gasteiger partial charge in [-0.2, -0.15) is 5.26 Å². The lowest BCUT2D eigenvalue weighted by atomic mass is 10.1. The number of hydrogen-bond donors (Lipinski definition) is 1. The first-order valence-corrected chi connectivity index (χ1v) is 9.47. The minimum absolute atomic E-state index is 0.0656. The van der Waals surface area contributed by atoms with Gasteiger partial charge in [0.25, 0.3) is 5.91 Å². The van der Waals surface area contributed by atoms with Crippen molar-refractivity contribution in [2.75, 3.05) is 36.5 Å². The molecule has 1 amide bonds. The zero-order chi connectivity index (χ0) is 19.4. The van der Waals surface area contributed by atoms with E-state index >= 15 is 0 Å². The zero-order valence-corrected chi connectivity index (χ0v) is 16.9. The Labute approximate surface area is 170 Å². The molecule has 2 aromatic rings. The van der Waals surface area contributed by atoms with Gasteiger partial charge >= 0.3 is 0 Å². The molecule has 6 nitrogen and oxygen atoms in total. The maximum atomic E-state index is 12.5. The van der Waals surface area contributed by atoms with Crippen molar-refractivity contribution in [3.63, 3.8) is 0 Å². The average molecular weight is 451 g/mol. The second-order valence-electron chi connectivity index (χ2n) is 5.94. The Morgan fingerprint density at radius 2 is 2.15 bits per heavy atom. The fourth-order valence-corrected chi connectivity index (χ4v) is 3.38. The van der Waals surface area contributed by atoms with Crippen molar-refractivity contribution >= 4 is 51.1 Å². The first kappa shape index (κ1) is 19.5. The minimum Gasteiger partial charge on any atom is -0.440 e. The number of nitriles is 1. The number of nitrogens with one attached hydrogen (secondary N) is 1. The van der Waals surface area contributed by atoms with Gasteiger partial charge in [-0.3, -0.25) is 4.79 Å². The number of rotatable bonds is 4. The van der Waals surface area contributed by atoms with Crippen LogP contribution >= 0.6 is 27.5 Å². The van der Waals surface area contributed by atoms with Gasteiger partial charge in [-0.25, -0.2) is 0 Å². The molecule has 1 aliphatic rings. The Bertz CT molecular complexity index is 927. The summed E-state index contributed by atoms with van der Waals surface area (Å²) in [6.07, 6.45) is 1.42. The van der Waals surface area contributed by atoms with Gasteiger partial charge in [0.1, 0.15) is 17.4 Å². The Hall–Kier alpha value is -2.27. The van der Waals surface area contributed by atoms with E-state index in [0.29, 0.717) is 35.6 Å². The second kappa shape index (κ2) is 8.61. The second-order valence-corrected chi connectivity index (χ2v) is 7.20. The summed E-state index contributed by atoms with van der Waals surface area (Å²) in [6.45, 7) is 4.49. The van der Waals surface area contributed by atoms with Crippen LogP contribution in [0.5, 0.6) is 0 Å². The fraction of sp³-hybridized carbons (Fsp3) is 0.263. The molecule has 0 bridgehead atoms. The standard InChI is InChI=1S/C19H17BrClN3O3/c1-12-16(21)3-2-4-17(12)23-18(25)13(11-22)9-14-10-15(20)19(27-14)24-5-7-26-8-6-24/h2-4,9-10H,5-8H2,1H3,(H,23,25)/b13-9-. The third kappa shape index (κ3) is 4.53. The van der Waals surface area contributed by atoms with E-state index in [-0.39, 0.29) is 5.57 Å². The first-order valence-electron chi connectivity index (χ1n) is 8.30. The number of halogens is 2. The number of nitrogens with zero attached hydrogens (tertiary/aromatic N) is 2. The van der Waals surface area contributed by atoms with Gasteiger partial charge in [0.2, 0.25) is 5.88 Å². The molecule has 0 saturated carbocycles. The molecular weight excluding hydrogens is 434 g/mol.